The van der Waals surface area contributed by atoms with Gasteiger partial charge in [-0.2, -0.15) is 0 Å². The molecule has 0 atom stereocenters. The molecule has 18 heavy (non-hydrogen) atoms. The highest BCUT2D eigenvalue weighted by atomic mass is 35.5. The molecule has 0 radical (unpaired) electrons. The fourth-order valence-electron chi connectivity index (χ4n) is 1.76. The van der Waals surface area contributed by atoms with Crippen LogP contribution in [0.25, 0.3) is 0 Å². The molecule has 5 heteroatoms. The third-order valence-electron chi connectivity index (χ3n) is 2.67. The molecule has 0 fully saturated rings. The number of hydrogen-bond acceptors (Lipinski definition) is 3. The SMILES string of the molecule is CCc1nnc(Cl)n1CCOc1cccc(C)c1. The van der Waals surface area contributed by atoms with E-state index in [9.17, 15) is 0 Å². The molecular weight excluding hydrogens is 250 g/mol. The quantitative estimate of drug-likeness (QED) is 0.835. The second kappa shape index (κ2) is 5.87. The maximum absolute atomic E-state index is 5.96. The number of ether oxygens (including phenoxy) is 1. The molecule has 0 saturated carbocycles. The van der Waals surface area contributed by atoms with Crippen molar-refractivity contribution in [3.63, 3.8) is 0 Å². The summed E-state index contributed by atoms with van der Waals surface area (Å²) in [4.78, 5) is 0. The van der Waals surface area contributed by atoms with E-state index in [2.05, 4.69) is 10.2 Å². The second-order valence-corrected chi connectivity index (χ2v) is 4.39. The van der Waals surface area contributed by atoms with Gasteiger partial charge in [0.15, 0.2) is 0 Å². The molecule has 1 heterocycles. The summed E-state index contributed by atoms with van der Waals surface area (Å²) < 4.78 is 7.55. The molecule has 0 aliphatic rings. The highest BCUT2D eigenvalue weighted by Gasteiger charge is 2.07. The van der Waals surface area contributed by atoms with E-state index in [0.717, 1.165) is 18.0 Å². The molecule has 4 nitrogen and oxygen atoms in total. The van der Waals surface area contributed by atoms with Gasteiger partial charge in [-0.25, -0.2) is 0 Å². The molecule has 1 aromatic carbocycles. The van der Waals surface area contributed by atoms with E-state index in [1.165, 1.54) is 5.56 Å². The lowest BCUT2D eigenvalue weighted by molar-refractivity contribution is 0.296. The van der Waals surface area contributed by atoms with Gasteiger partial charge in [0.1, 0.15) is 18.2 Å². The van der Waals surface area contributed by atoms with Gasteiger partial charge in [-0.1, -0.05) is 19.1 Å². The number of aromatic nitrogens is 3. The zero-order chi connectivity index (χ0) is 13.0. The summed E-state index contributed by atoms with van der Waals surface area (Å²) in [5.41, 5.74) is 1.18. The van der Waals surface area contributed by atoms with Crippen molar-refractivity contribution in [3.05, 3.63) is 40.9 Å². The molecule has 0 aliphatic carbocycles. The van der Waals surface area contributed by atoms with Gasteiger partial charge >= 0.3 is 0 Å². The Labute approximate surface area is 112 Å². The molecular formula is C13H16ClN3O. The number of aryl methyl sites for hydroxylation is 2. The zero-order valence-electron chi connectivity index (χ0n) is 10.6. The van der Waals surface area contributed by atoms with E-state index < -0.39 is 0 Å². The second-order valence-electron chi connectivity index (χ2n) is 4.06. The van der Waals surface area contributed by atoms with Crippen LogP contribution in [0.15, 0.2) is 24.3 Å². The van der Waals surface area contributed by atoms with Crippen LogP contribution in [-0.2, 0) is 13.0 Å². The van der Waals surface area contributed by atoms with E-state index in [4.69, 9.17) is 16.3 Å². The van der Waals surface area contributed by atoms with Crippen LogP contribution < -0.4 is 4.74 Å². The number of benzene rings is 1. The number of hydrogen-bond donors (Lipinski definition) is 0. The summed E-state index contributed by atoms with van der Waals surface area (Å²) in [5.74, 6) is 1.75. The summed E-state index contributed by atoms with van der Waals surface area (Å²) in [6.07, 6.45) is 0.810. The smallest absolute Gasteiger partial charge is 0.225 e. The fraction of sp³-hybridized carbons (Fsp3) is 0.385. The van der Waals surface area contributed by atoms with E-state index in [1.54, 1.807) is 0 Å². The lowest BCUT2D eigenvalue weighted by Crippen LogP contribution is -2.11. The molecule has 0 saturated heterocycles. The molecule has 0 unspecified atom stereocenters. The normalized spacial score (nSPS) is 10.6. The first-order valence-electron chi connectivity index (χ1n) is 5.97. The molecule has 0 bridgehead atoms. The highest BCUT2D eigenvalue weighted by Crippen LogP contribution is 2.13. The molecule has 2 rings (SSSR count). The maximum atomic E-state index is 5.96. The predicted octanol–water partition coefficient (Wildman–Crippen LogP) is 2.88. The number of rotatable bonds is 5. The van der Waals surface area contributed by atoms with Crippen LogP contribution in [0.3, 0.4) is 0 Å². The molecule has 1 aromatic heterocycles. The van der Waals surface area contributed by atoms with Gasteiger partial charge < -0.3 is 4.74 Å². The van der Waals surface area contributed by atoms with Gasteiger partial charge in [-0.05, 0) is 36.2 Å². The Bertz CT molecular complexity index is 525. The van der Waals surface area contributed by atoms with Crippen molar-refractivity contribution < 1.29 is 4.74 Å². The van der Waals surface area contributed by atoms with Crippen molar-refractivity contribution in [1.82, 2.24) is 14.8 Å². The van der Waals surface area contributed by atoms with E-state index in [1.807, 2.05) is 42.7 Å². The van der Waals surface area contributed by atoms with Gasteiger partial charge in [0.25, 0.3) is 0 Å². The van der Waals surface area contributed by atoms with Crippen LogP contribution in [0, 0.1) is 6.92 Å². The first-order valence-corrected chi connectivity index (χ1v) is 6.35. The van der Waals surface area contributed by atoms with Gasteiger partial charge in [0.2, 0.25) is 5.28 Å². The van der Waals surface area contributed by atoms with Crippen LogP contribution in [0.1, 0.15) is 18.3 Å². The van der Waals surface area contributed by atoms with Crippen molar-refractivity contribution in [2.75, 3.05) is 6.61 Å². The predicted molar refractivity (Wildman–Crippen MR) is 71.1 cm³/mol. The van der Waals surface area contributed by atoms with Crippen molar-refractivity contribution in [2.45, 2.75) is 26.8 Å². The minimum absolute atomic E-state index is 0.416. The summed E-state index contributed by atoms with van der Waals surface area (Å²) in [6.45, 7) is 5.27. The van der Waals surface area contributed by atoms with Crippen molar-refractivity contribution in [2.24, 2.45) is 0 Å². The van der Waals surface area contributed by atoms with Gasteiger partial charge in [-0.15, -0.1) is 10.2 Å². The lowest BCUT2D eigenvalue weighted by Gasteiger charge is -2.09. The fourth-order valence-corrected chi connectivity index (χ4v) is 1.98. The first kappa shape index (κ1) is 12.9. The Kier molecular flexibility index (Phi) is 4.20. The minimum Gasteiger partial charge on any atom is -0.492 e. The summed E-state index contributed by atoms with van der Waals surface area (Å²) in [7, 11) is 0. The van der Waals surface area contributed by atoms with Crippen LogP contribution >= 0.6 is 11.6 Å². The van der Waals surface area contributed by atoms with Crippen molar-refractivity contribution in [1.29, 1.82) is 0 Å². The van der Waals surface area contributed by atoms with Gasteiger partial charge in [0, 0.05) is 6.42 Å². The molecule has 96 valence electrons. The zero-order valence-corrected chi connectivity index (χ0v) is 11.3. The van der Waals surface area contributed by atoms with Crippen molar-refractivity contribution >= 4 is 11.6 Å². The van der Waals surface area contributed by atoms with E-state index >= 15 is 0 Å². The first-order chi connectivity index (χ1) is 8.70. The van der Waals surface area contributed by atoms with Crippen LogP contribution in [0.5, 0.6) is 5.75 Å². The monoisotopic (exact) mass is 265 g/mol. The third kappa shape index (κ3) is 3.01. The average molecular weight is 266 g/mol. The van der Waals surface area contributed by atoms with Crippen LogP contribution in [0.4, 0.5) is 0 Å². The summed E-state index contributed by atoms with van der Waals surface area (Å²) in [6, 6.07) is 7.97. The molecule has 0 aliphatic heterocycles. The van der Waals surface area contributed by atoms with Crippen LogP contribution in [-0.4, -0.2) is 21.4 Å². The largest absolute Gasteiger partial charge is 0.492 e. The Morgan fingerprint density at radius 2 is 2.17 bits per heavy atom. The Morgan fingerprint density at radius 3 is 2.89 bits per heavy atom. The van der Waals surface area contributed by atoms with E-state index in [-0.39, 0.29) is 0 Å². The maximum Gasteiger partial charge on any atom is 0.225 e. The summed E-state index contributed by atoms with van der Waals surface area (Å²) in [5, 5.41) is 8.27. The van der Waals surface area contributed by atoms with Gasteiger partial charge in [0.05, 0.1) is 6.54 Å². The summed E-state index contributed by atoms with van der Waals surface area (Å²) >= 11 is 5.96. The standard InChI is InChI=1S/C13H16ClN3O/c1-3-12-15-16-13(14)17(12)7-8-18-11-6-4-5-10(2)9-11/h4-6,9H,3,7-8H2,1-2H3. The Hall–Kier alpha value is -1.55. The number of nitrogens with zero attached hydrogens (tertiary/aromatic N) is 3. The van der Waals surface area contributed by atoms with Crippen LogP contribution in [0.2, 0.25) is 5.28 Å². The average Bonchev–Trinajstić information content (AvgIpc) is 2.71. The number of halogens is 1. The molecule has 0 amide bonds. The lowest BCUT2D eigenvalue weighted by atomic mass is 10.2. The Morgan fingerprint density at radius 1 is 1.33 bits per heavy atom. The molecule has 2 aromatic rings. The Balaban J connectivity index is 1.94. The topological polar surface area (TPSA) is 39.9 Å². The van der Waals surface area contributed by atoms with E-state index in [0.29, 0.717) is 18.4 Å². The molecule has 0 N–H and O–H groups in total. The minimum atomic E-state index is 0.416. The van der Waals surface area contributed by atoms with Gasteiger partial charge in [-0.3, -0.25) is 4.57 Å². The highest BCUT2D eigenvalue weighted by molar-refractivity contribution is 6.28. The third-order valence-corrected chi connectivity index (χ3v) is 2.95. The molecule has 0 spiro atoms. The van der Waals surface area contributed by atoms with Crippen molar-refractivity contribution in [3.8, 4) is 5.75 Å².